The molecule has 0 aliphatic carbocycles. The van der Waals surface area contributed by atoms with Crippen LogP contribution in [0.1, 0.15) is 11.1 Å². The SMILES string of the molecule is O=C1Nc2cc(S(=O)(=O)Cc3c(F)cccc3F)ccc2S/C1=C/c1ccc([N+](=O)[O-])cc1. The van der Waals surface area contributed by atoms with E-state index < -0.39 is 43.6 Å². The molecule has 0 saturated carbocycles. The van der Waals surface area contributed by atoms with E-state index in [0.29, 0.717) is 15.4 Å². The van der Waals surface area contributed by atoms with E-state index in [1.54, 1.807) is 6.08 Å². The van der Waals surface area contributed by atoms with Crippen LogP contribution in [0.25, 0.3) is 6.08 Å². The number of hydrogen-bond acceptors (Lipinski definition) is 6. The standard InChI is InChI=1S/C22H14F2N2O5S2/c23-17-2-1-3-18(24)16(17)12-33(30,31)15-8-9-20-19(11-15)25-22(27)21(32-20)10-13-4-6-14(7-5-13)26(28)29/h1-11H,12H2,(H,25,27)/b21-10+. The van der Waals surface area contributed by atoms with Gasteiger partial charge in [-0.25, -0.2) is 17.2 Å². The molecule has 11 heteroatoms. The van der Waals surface area contributed by atoms with E-state index in [9.17, 15) is 32.1 Å². The fourth-order valence-electron chi connectivity index (χ4n) is 3.12. The van der Waals surface area contributed by atoms with Crippen molar-refractivity contribution in [3.05, 3.63) is 98.4 Å². The second-order valence-electron chi connectivity index (χ2n) is 7.03. The minimum absolute atomic E-state index is 0.0766. The van der Waals surface area contributed by atoms with Crippen LogP contribution in [0.2, 0.25) is 0 Å². The Morgan fingerprint density at radius 2 is 1.70 bits per heavy atom. The first-order valence-corrected chi connectivity index (χ1v) is 11.9. The predicted molar refractivity (Wildman–Crippen MR) is 119 cm³/mol. The number of carbonyl (C=O) groups excluding carboxylic acids is 1. The molecule has 3 aromatic rings. The average molecular weight is 488 g/mol. The Morgan fingerprint density at radius 1 is 1.03 bits per heavy atom. The Hall–Kier alpha value is -3.57. The molecule has 0 unspecified atom stereocenters. The first kappa shape index (κ1) is 22.6. The summed E-state index contributed by atoms with van der Waals surface area (Å²) in [4.78, 5) is 23.4. The summed E-state index contributed by atoms with van der Waals surface area (Å²) in [6.45, 7) is 0. The van der Waals surface area contributed by atoms with Crippen molar-refractivity contribution in [3.63, 3.8) is 0 Å². The number of thioether (sulfide) groups is 1. The number of anilines is 1. The first-order valence-electron chi connectivity index (χ1n) is 9.39. The molecule has 168 valence electrons. The maximum atomic E-state index is 13.9. The van der Waals surface area contributed by atoms with E-state index in [4.69, 9.17) is 0 Å². The number of hydrogen-bond donors (Lipinski definition) is 1. The molecule has 1 aliphatic heterocycles. The minimum atomic E-state index is -4.09. The molecule has 1 N–H and O–H groups in total. The van der Waals surface area contributed by atoms with Gasteiger partial charge in [0.05, 0.1) is 26.2 Å². The fourth-order valence-corrected chi connectivity index (χ4v) is 5.45. The maximum absolute atomic E-state index is 13.9. The molecule has 1 heterocycles. The molecule has 0 aromatic heterocycles. The van der Waals surface area contributed by atoms with Gasteiger partial charge in [-0.15, -0.1) is 0 Å². The lowest BCUT2D eigenvalue weighted by Crippen LogP contribution is -2.18. The zero-order valence-corrected chi connectivity index (χ0v) is 18.3. The number of rotatable bonds is 5. The van der Waals surface area contributed by atoms with Gasteiger partial charge in [-0.2, -0.15) is 0 Å². The highest BCUT2D eigenvalue weighted by molar-refractivity contribution is 8.04. The van der Waals surface area contributed by atoms with Crippen molar-refractivity contribution in [3.8, 4) is 0 Å². The molecule has 0 fully saturated rings. The van der Waals surface area contributed by atoms with E-state index in [0.717, 1.165) is 30.0 Å². The number of non-ortho nitro benzene ring substituents is 1. The lowest BCUT2D eigenvalue weighted by Gasteiger charge is -2.19. The van der Waals surface area contributed by atoms with Gasteiger partial charge < -0.3 is 5.32 Å². The number of fused-ring (bicyclic) bond motifs is 1. The van der Waals surface area contributed by atoms with Crippen molar-refractivity contribution < 1.29 is 26.9 Å². The number of amides is 1. The van der Waals surface area contributed by atoms with E-state index >= 15 is 0 Å². The molecule has 0 spiro atoms. The number of halogens is 2. The molecule has 1 amide bonds. The van der Waals surface area contributed by atoms with Crippen LogP contribution in [0.15, 0.2) is 75.4 Å². The second kappa shape index (κ2) is 8.75. The van der Waals surface area contributed by atoms with Gasteiger partial charge in [0.25, 0.3) is 11.6 Å². The molecule has 1 aliphatic rings. The second-order valence-corrected chi connectivity index (χ2v) is 10.1. The van der Waals surface area contributed by atoms with Gasteiger partial charge in [-0.1, -0.05) is 17.8 Å². The third kappa shape index (κ3) is 4.78. The van der Waals surface area contributed by atoms with Crippen LogP contribution in [-0.4, -0.2) is 19.2 Å². The molecular weight excluding hydrogens is 474 g/mol. The highest BCUT2D eigenvalue weighted by atomic mass is 32.2. The van der Waals surface area contributed by atoms with Crippen LogP contribution in [0.4, 0.5) is 20.2 Å². The van der Waals surface area contributed by atoms with Gasteiger partial charge >= 0.3 is 0 Å². The molecule has 0 atom stereocenters. The molecule has 0 saturated heterocycles. The summed E-state index contributed by atoms with van der Waals surface area (Å²) in [6.07, 6.45) is 1.55. The van der Waals surface area contributed by atoms with Gasteiger partial charge in [-0.05, 0) is 54.1 Å². The van der Waals surface area contributed by atoms with Crippen LogP contribution in [-0.2, 0) is 20.4 Å². The Kier molecular flexibility index (Phi) is 6.00. The number of nitrogens with zero attached hydrogens (tertiary/aromatic N) is 1. The van der Waals surface area contributed by atoms with Crippen molar-refractivity contribution in [2.45, 2.75) is 15.5 Å². The lowest BCUT2D eigenvalue weighted by molar-refractivity contribution is -0.384. The topological polar surface area (TPSA) is 106 Å². The van der Waals surface area contributed by atoms with Gasteiger partial charge in [0.15, 0.2) is 9.84 Å². The Labute approximate surface area is 191 Å². The highest BCUT2D eigenvalue weighted by Crippen LogP contribution is 2.40. The Balaban J connectivity index is 1.59. The minimum Gasteiger partial charge on any atom is -0.320 e. The van der Waals surface area contributed by atoms with Gasteiger partial charge in [0.2, 0.25) is 0 Å². The van der Waals surface area contributed by atoms with Gasteiger partial charge in [-0.3, -0.25) is 14.9 Å². The molecule has 7 nitrogen and oxygen atoms in total. The number of benzene rings is 3. The van der Waals surface area contributed by atoms with Gasteiger partial charge in [0, 0.05) is 22.6 Å². The Bertz CT molecular complexity index is 1400. The highest BCUT2D eigenvalue weighted by Gasteiger charge is 2.25. The first-order chi connectivity index (χ1) is 15.6. The van der Waals surface area contributed by atoms with Crippen molar-refractivity contribution >= 4 is 45.0 Å². The zero-order chi connectivity index (χ0) is 23.8. The molecule has 0 bridgehead atoms. The summed E-state index contributed by atoms with van der Waals surface area (Å²) in [5, 5.41) is 13.4. The van der Waals surface area contributed by atoms with Crippen LogP contribution in [0.3, 0.4) is 0 Å². The number of carbonyl (C=O) groups is 1. The lowest BCUT2D eigenvalue weighted by atomic mass is 10.2. The monoisotopic (exact) mass is 488 g/mol. The molecule has 33 heavy (non-hydrogen) atoms. The van der Waals surface area contributed by atoms with Gasteiger partial charge in [0.1, 0.15) is 11.6 Å². The molecular formula is C22H14F2N2O5S2. The van der Waals surface area contributed by atoms with E-state index in [-0.39, 0.29) is 16.3 Å². The zero-order valence-electron chi connectivity index (χ0n) is 16.6. The van der Waals surface area contributed by atoms with E-state index in [1.807, 2.05) is 0 Å². The summed E-state index contributed by atoms with van der Waals surface area (Å²) in [5.41, 5.74) is 0.197. The van der Waals surface area contributed by atoms with Crippen molar-refractivity contribution in [1.29, 1.82) is 0 Å². The van der Waals surface area contributed by atoms with Crippen LogP contribution < -0.4 is 5.32 Å². The number of nitro benzene ring substituents is 1. The number of sulfone groups is 1. The van der Waals surface area contributed by atoms with E-state index in [1.165, 1.54) is 42.5 Å². The predicted octanol–water partition coefficient (Wildman–Crippen LogP) is 4.93. The quantitative estimate of drug-likeness (QED) is 0.310. The van der Waals surface area contributed by atoms with Crippen molar-refractivity contribution in [2.24, 2.45) is 0 Å². The summed E-state index contributed by atoms with van der Waals surface area (Å²) in [6, 6.07) is 12.8. The molecule has 3 aromatic carbocycles. The number of nitrogens with one attached hydrogen (secondary N) is 1. The normalized spacial score (nSPS) is 14.6. The van der Waals surface area contributed by atoms with E-state index in [2.05, 4.69) is 5.32 Å². The molecule has 0 radical (unpaired) electrons. The summed E-state index contributed by atoms with van der Waals surface area (Å²) in [7, 11) is -4.09. The summed E-state index contributed by atoms with van der Waals surface area (Å²) < 4.78 is 53.3. The Morgan fingerprint density at radius 3 is 2.33 bits per heavy atom. The van der Waals surface area contributed by atoms with Crippen molar-refractivity contribution in [1.82, 2.24) is 0 Å². The molecule has 4 rings (SSSR count). The van der Waals surface area contributed by atoms with Crippen molar-refractivity contribution in [2.75, 3.05) is 5.32 Å². The van der Waals surface area contributed by atoms with Crippen LogP contribution >= 0.6 is 11.8 Å². The number of nitro groups is 1. The smallest absolute Gasteiger partial charge is 0.269 e. The average Bonchev–Trinajstić information content (AvgIpc) is 2.77. The third-order valence-electron chi connectivity index (χ3n) is 4.80. The van der Waals surface area contributed by atoms with Crippen LogP contribution in [0.5, 0.6) is 0 Å². The maximum Gasteiger partial charge on any atom is 0.269 e. The fraction of sp³-hybridized carbons (Fsp3) is 0.0455. The summed E-state index contributed by atoms with van der Waals surface area (Å²) in [5.74, 6) is -3.26. The largest absolute Gasteiger partial charge is 0.320 e. The third-order valence-corrected chi connectivity index (χ3v) is 7.54. The van der Waals surface area contributed by atoms with Crippen LogP contribution in [0, 0.1) is 21.7 Å². The summed E-state index contributed by atoms with van der Waals surface area (Å²) >= 11 is 1.10.